The second kappa shape index (κ2) is 6.76. The third kappa shape index (κ3) is 3.38. The van der Waals surface area contributed by atoms with Crippen molar-refractivity contribution in [3.63, 3.8) is 0 Å². The normalized spacial score (nSPS) is 17.6. The standard InChI is InChI=1S/C19H25NS/c1-2-14-20-18(11-10-17-9-6-15-21-17)19(12-13-19)16-7-4-3-5-8-16/h3-9,15,18,20H,2,10-14H2,1H3. The Hall–Kier alpha value is -1.12. The number of thiophene rings is 1. The highest BCUT2D eigenvalue weighted by molar-refractivity contribution is 7.09. The smallest absolute Gasteiger partial charge is 0.0167 e. The van der Waals surface area contributed by atoms with Gasteiger partial charge < -0.3 is 5.32 Å². The first-order valence-corrected chi connectivity index (χ1v) is 9.04. The van der Waals surface area contributed by atoms with Gasteiger partial charge in [0.15, 0.2) is 0 Å². The van der Waals surface area contributed by atoms with E-state index in [2.05, 4.69) is 60.1 Å². The van der Waals surface area contributed by atoms with Crippen molar-refractivity contribution in [1.29, 1.82) is 0 Å². The van der Waals surface area contributed by atoms with Crippen LogP contribution in [0.3, 0.4) is 0 Å². The summed E-state index contributed by atoms with van der Waals surface area (Å²) in [5, 5.41) is 6.03. The summed E-state index contributed by atoms with van der Waals surface area (Å²) in [6.45, 7) is 3.38. The molecule has 1 nitrogen and oxygen atoms in total. The van der Waals surface area contributed by atoms with E-state index in [1.165, 1.54) is 42.5 Å². The van der Waals surface area contributed by atoms with E-state index >= 15 is 0 Å². The molecule has 0 saturated heterocycles. The Morgan fingerprint density at radius 3 is 2.57 bits per heavy atom. The topological polar surface area (TPSA) is 12.0 Å². The average Bonchev–Trinajstić information content (AvgIpc) is 3.17. The second-order valence-corrected chi connectivity index (χ2v) is 7.18. The van der Waals surface area contributed by atoms with E-state index in [-0.39, 0.29) is 0 Å². The summed E-state index contributed by atoms with van der Waals surface area (Å²) in [6, 6.07) is 16.2. The molecule has 112 valence electrons. The van der Waals surface area contributed by atoms with Gasteiger partial charge in [0.25, 0.3) is 0 Å². The van der Waals surface area contributed by atoms with Gasteiger partial charge in [0.2, 0.25) is 0 Å². The zero-order valence-corrected chi connectivity index (χ0v) is 13.7. The predicted molar refractivity (Wildman–Crippen MR) is 92.1 cm³/mol. The Morgan fingerprint density at radius 1 is 1.14 bits per heavy atom. The Kier molecular flexibility index (Phi) is 4.77. The Labute approximate surface area is 132 Å². The lowest BCUT2D eigenvalue weighted by molar-refractivity contribution is 0.393. The summed E-state index contributed by atoms with van der Waals surface area (Å²) >= 11 is 1.89. The van der Waals surface area contributed by atoms with Gasteiger partial charge in [-0.2, -0.15) is 0 Å². The van der Waals surface area contributed by atoms with Crippen LogP contribution in [0.25, 0.3) is 0 Å². The van der Waals surface area contributed by atoms with Crippen LogP contribution in [0, 0.1) is 0 Å². The van der Waals surface area contributed by atoms with E-state index < -0.39 is 0 Å². The molecule has 1 aliphatic carbocycles. The van der Waals surface area contributed by atoms with E-state index in [0.717, 1.165) is 6.54 Å². The molecule has 0 spiro atoms. The maximum atomic E-state index is 3.84. The van der Waals surface area contributed by atoms with Crippen molar-refractivity contribution < 1.29 is 0 Å². The summed E-state index contributed by atoms with van der Waals surface area (Å²) in [5.74, 6) is 0. The number of hydrogen-bond donors (Lipinski definition) is 1. The molecule has 1 aliphatic rings. The molecule has 0 aliphatic heterocycles. The lowest BCUT2D eigenvalue weighted by Gasteiger charge is -2.29. The van der Waals surface area contributed by atoms with Crippen LogP contribution < -0.4 is 5.32 Å². The van der Waals surface area contributed by atoms with Gasteiger partial charge in [-0.1, -0.05) is 43.3 Å². The highest BCUT2D eigenvalue weighted by Crippen LogP contribution is 2.52. The quantitative estimate of drug-likeness (QED) is 0.739. The molecule has 1 heterocycles. The Balaban J connectivity index is 1.72. The van der Waals surface area contributed by atoms with Gasteiger partial charge in [-0.05, 0) is 55.7 Å². The van der Waals surface area contributed by atoms with Gasteiger partial charge in [0.1, 0.15) is 0 Å². The largest absolute Gasteiger partial charge is 0.313 e. The number of hydrogen-bond acceptors (Lipinski definition) is 2. The maximum Gasteiger partial charge on any atom is 0.0167 e. The maximum absolute atomic E-state index is 3.84. The van der Waals surface area contributed by atoms with Crippen LogP contribution in [-0.4, -0.2) is 12.6 Å². The zero-order chi connectivity index (χ0) is 14.5. The third-order valence-corrected chi connectivity index (χ3v) is 5.64. The second-order valence-electron chi connectivity index (χ2n) is 6.15. The molecular weight excluding hydrogens is 274 g/mol. The molecule has 1 aromatic carbocycles. The van der Waals surface area contributed by atoms with Crippen LogP contribution in [0.2, 0.25) is 0 Å². The zero-order valence-electron chi connectivity index (χ0n) is 12.8. The van der Waals surface area contributed by atoms with Crippen LogP contribution in [0.5, 0.6) is 0 Å². The van der Waals surface area contributed by atoms with Crippen molar-refractivity contribution in [1.82, 2.24) is 5.32 Å². The number of benzene rings is 1. The van der Waals surface area contributed by atoms with E-state index in [1.807, 2.05) is 11.3 Å². The van der Waals surface area contributed by atoms with E-state index in [0.29, 0.717) is 11.5 Å². The molecule has 1 fully saturated rings. The molecule has 0 bridgehead atoms. The molecule has 0 radical (unpaired) electrons. The van der Waals surface area contributed by atoms with Gasteiger partial charge in [0.05, 0.1) is 0 Å². The van der Waals surface area contributed by atoms with Crippen LogP contribution in [0.4, 0.5) is 0 Å². The average molecular weight is 299 g/mol. The summed E-state index contributed by atoms with van der Waals surface area (Å²) in [5.41, 5.74) is 1.93. The van der Waals surface area contributed by atoms with Gasteiger partial charge in [-0.3, -0.25) is 0 Å². The van der Waals surface area contributed by atoms with Crippen LogP contribution in [0.1, 0.15) is 43.0 Å². The number of nitrogens with one attached hydrogen (secondary N) is 1. The minimum absolute atomic E-state index is 0.397. The van der Waals surface area contributed by atoms with Crippen molar-refractivity contribution >= 4 is 11.3 Å². The first-order valence-electron chi connectivity index (χ1n) is 8.16. The number of rotatable bonds is 8. The number of aryl methyl sites for hydroxylation is 1. The molecule has 2 aromatic rings. The van der Waals surface area contributed by atoms with E-state index in [1.54, 1.807) is 0 Å². The predicted octanol–water partition coefficient (Wildman–Crippen LogP) is 4.78. The molecule has 1 atom stereocenters. The summed E-state index contributed by atoms with van der Waals surface area (Å²) in [6.07, 6.45) is 6.33. The molecule has 1 saturated carbocycles. The SMILES string of the molecule is CCCNC(CCc1cccs1)C1(c2ccccc2)CC1. The van der Waals surface area contributed by atoms with Crippen molar-refractivity contribution in [3.05, 3.63) is 58.3 Å². The van der Waals surface area contributed by atoms with Crippen LogP contribution >= 0.6 is 11.3 Å². The first-order chi connectivity index (χ1) is 10.3. The van der Waals surface area contributed by atoms with Crippen molar-refractivity contribution in [2.24, 2.45) is 0 Å². The molecule has 0 amide bonds. The minimum Gasteiger partial charge on any atom is -0.313 e. The van der Waals surface area contributed by atoms with Gasteiger partial charge in [-0.25, -0.2) is 0 Å². The van der Waals surface area contributed by atoms with Gasteiger partial charge >= 0.3 is 0 Å². The fraction of sp³-hybridized carbons (Fsp3) is 0.474. The summed E-state index contributed by atoms with van der Waals surface area (Å²) in [7, 11) is 0. The van der Waals surface area contributed by atoms with E-state index in [9.17, 15) is 0 Å². The fourth-order valence-corrected chi connectivity index (χ4v) is 4.10. The van der Waals surface area contributed by atoms with Gasteiger partial charge in [0, 0.05) is 16.3 Å². The van der Waals surface area contributed by atoms with Crippen LogP contribution in [-0.2, 0) is 11.8 Å². The molecular formula is C19H25NS. The molecule has 2 heteroatoms. The Morgan fingerprint density at radius 2 is 1.95 bits per heavy atom. The Bertz CT molecular complexity index is 528. The fourth-order valence-electron chi connectivity index (χ4n) is 3.38. The molecule has 1 N–H and O–H groups in total. The van der Waals surface area contributed by atoms with Crippen LogP contribution in [0.15, 0.2) is 47.8 Å². The first kappa shape index (κ1) is 14.8. The molecule has 21 heavy (non-hydrogen) atoms. The summed E-state index contributed by atoms with van der Waals surface area (Å²) in [4.78, 5) is 1.52. The van der Waals surface area contributed by atoms with Crippen molar-refractivity contribution in [3.8, 4) is 0 Å². The lowest BCUT2D eigenvalue weighted by Crippen LogP contribution is -2.40. The van der Waals surface area contributed by atoms with Gasteiger partial charge in [-0.15, -0.1) is 11.3 Å². The van der Waals surface area contributed by atoms with Crippen molar-refractivity contribution in [2.45, 2.75) is 50.5 Å². The summed E-state index contributed by atoms with van der Waals surface area (Å²) < 4.78 is 0. The van der Waals surface area contributed by atoms with Crippen molar-refractivity contribution in [2.75, 3.05) is 6.54 Å². The molecule has 1 unspecified atom stereocenters. The highest BCUT2D eigenvalue weighted by Gasteiger charge is 2.49. The molecule has 1 aromatic heterocycles. The monoisotopic (exact) mass is 299 g/mol. The highest BCUT2D eigenvalue weighted by atomic mass is 32.1. The van der Waals surface area contributed by atoms with E-state index in [4.69, 9.17) is 0 Å². The third-order valence-electron chi connectivity index (χ3n) is 4.70. The lowest BCUT2D eigenvalue weighted by atomic mass is 9.85. The minimum atomic E-state index is 0.397. The molecule has 3 rings (SSSR count).